The van der Waals surface area contributed by atoms with Crippen LogP contribution in [-0.2, 0) is 9.57 Å². The third kappa shape index (κ3) is 4.37. The minimum Gasteiger partial charge on any atom is -0.496 e. The highest BCUT2D eigenvalue weighted by Gasteiger charge is 2.22. The number of ether oxygens (including phenoxy) is 2. The molecule has 1 aliphatic rings. The maximum Gasteiger partial charge on any atom is 0.431 e. The lowest BCUT2D eigenvalue weighted by Crippen LogP contribution is -2.39. The van der Waals surface area contributed by atoms with Gasteiger partial charge in [0, 0.05) is 30.3 Å². The molecule has 0 unspecified atom stereocenters. The fourth-order valence-electron chi connectivity index (χ4n) is 3.58. The van der Waals surface area contributed by atoms with Gasteiger partial charge in [-0.2, -0.15) is 0 Å². The molecular formula is C22H24N2O4S. The van der Waals surface area contributed by atoms with Crippen molar-refractivity contribution in [2.75, 3.05) is 32.6 Å². The van der Waals surface area contributed by atoms with Gasteiger partial charge in [-0.1, -0.05) is 30.3 Å². The molecule has 1 amide bonds. The zero-order valence-electron chi connectivity index (χ0n) is 16.5. The standard InChI is InChI=1S/C22H24N2O4S/c1-26-16-10-12-24(13-11-16)28-22(25)23-20-14-18-19(27-2)9-8-17(21(18)29-20)15-6-4-3-5-7-15/h3-9,14,16H,10-13H2,1-2H3,(H,23,25). The Labute approximate surface area is 173 Å². The summed E-state index contributed by atoms with van der Waals surface area (Å²) in [4.78, 5) is 17.8. The van der Waals surface area contributed by atoms with E-state index in [0.29, 0.717) is 13.1 Å². The molecule has 1 fully saturated rings. The quantitative estimate of drug-likeness (QED) is 0.628. The average Bonchev–Trinajstić information content (AvgIpc) is 3.17. The molecule has 152 valence electrons. The number of hydrogen-bond donors (Lipinski definition) is 1. The summed E-state index contributed by atoms with van der Waals surface area (Å²) in [6.07, 6.45) is 1.46. The number of rotatable bonds is 5. The van der Waals surface area contributed by atoms with E-state index in [0.717, 1.165) is 44.8 Å². The molecule has 0 bridgehead atoms. The Kier molecular flexibility index (Phi) is 5.99. The largest absolute Gasteiger partial charge is 0.496 e. The van der Waals surface area contributed by atoms with Crippen molar-refractivity contribution in [3.8, 4) is 16.9 Å². The molecule has 2 aromatic carbocycles. The van der Waals surface area contributed by atoms with Crippen LogP contribution in [0.25, 0.3) is 21.2 Å². The molecule has 4 rings (SSSR count). The molecule has 0 spiro atoms. The molecule has 0 aliphatic carbocycles. The summed E-state index contributed by atoms with van der Waals surface area (Å²) in [7, 11) is 3.37. The molecule has 1 aliphatic heterocycles. The molecule has 29 heavy (non-hydrogen) atoms. The van der Waals surface area contributed by atoms with Crippen molar-refractivity contribution in [2.24, 2.45) is 0 Å². The summed E-state index contributed by atoms with van der Waals surface area (Å²) in [5.41, 5.74) is 2.23. The topological polar surface area (TPSA) is 60.0 Å². The van der Waals surface area contributed by atoms with Gasteiger partial charge >= 0.3 is 6.09 Å². The second-order valence-corrected chi connectivity index (χ2v) is 7.95. The molecule has 7 heteroatoms. The van der Waals surface area contributed by atoms with Gasteiger partial charge in [-0.25, -0.2) is 4.79 Å². The lowest BCUT2D eigenvalue weighted by Gasteiger charge is -2.29. The minimum atomic E-state index is -0.479. The van der Waals surface area contributed by atoms with Crippen molar-refractivity contribution < 1.29 is 19.1 Å². The molecular weight excluding hydrogens is 388 g/mol. The van der Waals surface area contributed by atoms with Crippen molar-refractivity contribution in [3.05, 3.63) is 48.5 Å². The molecule has 1 saturated heterocycles. The van der Waals surface area contributed by atoms with Gasteiger partial charge in [0.2, 0.25) is 0 Å². The molecule has 1 aromatic heterocycles. The Balaban J connectivity index is 1.53. The van der Waals surface area contributed by atoms with Crippen molar-refractivity contribution in [3.63, 3.8) is 0 Å². The SMILES string of the molecule is COc1ccc(-c2ccccc2)c2sc(NC(=O)ON3CCC(OC)CC3)cc12. The summed E-state index contributed by atoms with van der Waals surface area (Å²) in [6, 6.07) is 16.1. The number of anilines is 1. The van der Waals surface area contributed by atoms with Gasteiger partial charge in [-0.15, -0.1) is 16.4 Å². The van der Waals surface area contributed by atoms with Gasteiger partial charge in [0.05, 0.1) is 18.2 Å². The monoisotopic (exact) mass is 412 g/mol. The average molecular weight is 413 g/mol. The fraction of sp³-hybridized carbons (Fsp3) is 0.318. The van der Waals surface area contributed by atoms with Crippen LogP contribution in [0.15, 0.2) is 48.5 Å². The second-order valence-electron chi connectivity index (χ2n) is 6.90. The number of methoxy groups -OCH3 is 2. The zero-order chi connectivity index (χ0) is 20.2. The van der Waals surface area contributed by atoms with Crippen LogP contribution in [0, 0.1) is 0 Å². The summed E-state index contributed by atoms with van der Waals surface area (Å²) in [5, 5.41) is 6.24. The van der Waals surface area contributed by atoms with E-state index in [1.165, 1.54) is 11.3 Å². The number of hydroxylamine groups is 2. The number of fused-ring (bicyclic) bond motifs is 1. The van der Waals surface area contributed by atoms with Crippen molar-refractivity contribution in [1.82, 2.24) is 5.06 Å². The van der Waals surface area contributed by atoms with E-state index < -0.39 is 6.09 Å². The molecule has 0 saturated carbocycles. The number of benzene rings is 2. The van der Waals surface area contributed by atoms with Crippen LogP contribution in [0.4, 0.5) is 9.80 Å². The first-order valence-corrected chi connectivity index (χ1v) is 10.4. The first kappa shape index (κ1) is 19.7. The van der Waals surface area contributed by atoms with Gasteiger partial charge in [0.1, 0.15) is 5.75 Å². The number of thiophene rings is 1. The molecule has 0 radical (unpaired) electrons. The number of nitrogens with zero attached hydrogens (tertiary/aromatic N) is 1. The van der Waals surface area contributed by atoms with Crippen molar-refractivity contribution >= 4 is 32.5 Å². The smallest absolute Gasteiger partial charge is 0.431 e. The summed E-state index contributed by atoms with van der Waals surface area (Å²) in [5.74, 6) is 0.777. The van der Waals surface area contributed by atoms with E-state index in [1.807, 2.05) is 30.3 Å². The normalized spacial score (nSPS) is 15.4. The van der Waals surface area contributed by atoms with Gasteiger partial charge in [0.25, 0.3) is 0 Å². The molecule has 2 heterocycles. The first-order valence-electron chi connectivity index (χ1n) is 9.60. The molecule has 6 nitrogen and oxygen atoms in total. The highest BCUT2D eigenvalue weighted by atomic mass is 32.1. The zero-order valence-corrected chi connectivity index (χ0v) is 17.3. The van der Waals surface area contributed by atoms with Gasteiger partial charge in [-0.05, 0) is 42.2 Å². The van der Waals surface area contributed by atoms with Crippen molar-refractivity contribution in [1.29, 1.82) is 0 Å². The van der Waals surface area contributed by atoms with E-state index >= 15 is 0 Å². The number of carbonyl (C=O) groups is 1. The molecule has 1 N–H and O–H groups in total. The van der Waals surface area contributed by atoms with E-state index in [2.05, 4.69) is 23.5 Å². The fourth-order valence-corrected chi connectivity index (χ4v) is 4.68. The number of piperidine rings is 1. The molecule has 0 atom stereocenters. The predicted octanol–water partition coefficient (Wildman–Crippen LogP) is 5.15. The highest BCUT2D eigenvalue weighted by molar-refractivity contribution is 7.23. The van der Waals surface area contributed by atoms with E-state index in [4.69, 9.17) is 14.3 Å². The number of carbonyl (C=O) groups excluding carboxylic acids is 1. The van der Waals surface area contributed by atoms with E-state index in [9.17, 15) is 4.79 Å². The van der Waals surface area contributed by atoms with Crippen LogP contribution in [0.3, 0.4) is 0 Å². The van der Waals surface area contributed by atoms with Crippen LogP contribution < -0.4 is 10.1 Å². The van der Waals surface area contributed by atoms with Gasteiger partial charge in [-0.3, -0.25) is 5.32 Å². The Morgan fingerprint density at radius 1 is 1.10 bits per heavy atom. The van der Waals surface area contributed by atoms with Crippen molar-refractivity contribution in [2.45, 2.75) is 18.9 Å². The Morgan fingerprint density at radius 2 is 1.86 bits per heavy atom. The minimum absolute atomic E-state index is 0.240. The second kappa shape index (κ2) is 8.82. The predicted molar refractivity (Wildman–Crippen MR) is 116 cm³/mol. The Bertz CT molecular complexity index is 981. The third-order valence-corrected chi connectivity index (χ3v) is 6.20. The molecule has 3 aromatic rings. The lowest BCUT2D eigenvalue weighted by atomic mass is 10.0. The summed E-state index contributed by atoms with van der Waals surface area (Å²) >= 11 is 1.51. The Morgan fingerprint density at radius 3 is 2.55 bits per heavy atom. The maximum atomic E-state index is 12.4. The van der Waals surface area contributed by atoms with Crippen LogP contribution in [0.2, 0.25) is 0 Å². The van der Waals surface area contributed by atoms with Gasteiger partial charge < -0.3 is 14.3 Å². The van der Waals surface area contributed by atoms with Crippen LogP contribution >= 0.6 is 11.3 Å². The number of hydrogen-bond acceptors (Lipinski definition) is 6. The summed E-state index contributed by atoms with van der Waals surface area (Å²) < 4.78 is 11.9. The van der Waals surface area contributed by atoms with Crippen LogP contribution in [0.1, 0.15) is 12.8 Å². The van der Waals surface area contributed by atoms with E-state index in [1.54, 1.807) is 19.3 Å². The highest BCUT2D eigenvalue weighted by Crippen LogP contribution is 2.42. The van der Waals surface area contributed by atoms with Crippen LogP contribution in [0.5, 0.6) is 5.75 Å². The first-order chi connectivity index (χ1) is 14.2. The maximum absolute atomic E-state index is 12.4. The number of nitrogens with one attached hydrogen (secondary N) is 1. The van der Waals surface area contributed by atoms with E-state index in [-0.39, 0.29) is 6.10 Å². The summed E-state index contributed by atoms with van der Waals surface area (Å²) in [6.45, 7) is 1.34. The lowest BCUT2D eigenvalue weighted by molar-refractivity contribution is -0.126. The number of amides is 1. The van der Waals surface area contributed by atoms with Gasteiger partial charge in [0.15, 0.2) is 0 Å². The third-order valence-electron chi connectivity index (χ3n) is 5.12. The van der Waals surface area contributed by atoms with Crippen LogP contribution in [-0.4, -0.2) is 44.6 Å². The Hall–Kier alpha value is -2.61.